The molecular weight excluding hydrogens is 266 g/mol. The lowest BCUT2D eigenvalue weighted by Gasteiger charge is -2.11. The first kappa shape index (κ1) is 16.1. The van der Waals surface area contributed by atoms with Gasteiger partial charge < -0.3 is 9.64 Å². The van der Waals surface area contributed by atoms with E-state index in [0.717, 1.165) is 13.0 Å². The van der Waals surface area contributed by atoms with E-state index in [1.165, 1.54) is 6.20 Å². The molecule has 5 nitrogen and oxygen atoms in total. The minimum absolute atomic E-state index is 0.0163. The molecule has 6 heteroatoms. The second kappa shape index (κ2) is 8.30. The molecule has 0 aliphatic rings. The number of nitrogens with zero attached hydrogens (tertiary/aromatic N) is 3. The summed E-state index contributed by atoms with van der Waals surface area (Å²) in [7, 11) is 3.95. The van der Waals surface area contributed by atoms with Gasteiger partial charge >= 0.3 is 0 Å². The molecule has 0 radical (unpaired) electrons. The van der Waals surface area contributed by atoms with Crippen molar-refractivity contribution in [2.45, 2.75) is 26.3 Å². The summed E-state index contributed by atoms with van der Waals surface area (Å²) in [5, 5.41) is 4.57. The van der Waals surface area contributed by atoms with Crippen LogP contribution in [-0.4, -0.2) is 54.3 Å². The van der Waals surface area contributed by atoms with Gasteiger partial charge in [-0.25, -0.2) is 0 Å². The maximum absolute atomic E-state index is 12.1. The largest absolute Gasteiger partial charge is 0.381 e. The van der Waals surface area contributed by atoms with Crippen LogP contribution in [0.3, 0.4) is 0 Å². The van der Waals surface area contributed by atoms with E-state index in [4.69, 9.17) is 16.3 Å². The third-order valence-electron chi connectivity index (χ3n) is 2.64. The summed E-state index contributed by atoms with van der Waals surface area (Å²) >= 11 is 6.04. The van der Waals surface area contributed by atoms with Gasteiger partial charge in [-0.2, -0.15) is 5.10 Å². The quantitative estimate of drug-likeness (QED) is 0.515. The summed E-state index contributed by atoms with van der Waals surface area (Å²) < 4.78 is 7.00. The molecular formula is C13H22ClN3O2. The fourth-order valence-electron chi connectivity index (χ4n) is 1.63. The molecule has 0 saturated carbocycles. The molecule has 0 aliphatic heterocycles. The van der Waals surface area contributed by atoms with Crippen LogP contribution < -0.4 is 0 Å². The van der Waals surface area contributed by atoms with Crippen molar-refractivity contribution in [1.82, 2.24) is 14.7 Å². The van der Waals surface area contributed by atoms with Crippen LogP contribution in [-0.2, 0) is 11.3 Å². The highest BCUT2D eigenvalue weighted by molar-refractivity contribution is 6.33. The van der Waals surface area contributed by atoms with Crippen LogP contribution in [0.25, 0.3) is 0 Å². The fraction of sp³-hybridized carbons (Fsp3) is 0.692. The third-order valence-corrected chi connectivity index (χ3v) is 2.92. The molecule has 0 atom stereocenters. The van der Waals surface area contributed by atoms with Crippen molar-refractivity contribution in [3.8, 4) is 0 Å². The molecule has 19 heavy (non-hydrogen) atoms. The van der Waals surface area contributed by atoms with Crippen molar-refractivity contribution in [3.05, 3.63) is 16.9 Å². The molecule has 0 saturated heterocycles. The minimum atomic E-state index is -0.0163. The first-order valence-corrected chi connectivity index (χ1v) is 6.91. The maximum atomic E-state index is 12.1. The van der Waals surface area contributed by atoms with Gasteiger partial charge in [-0.15, -0.1) is 0 Å². The predicted octanol–water partition coefficient (Wildman–Crippen LogP) is 2.10. The highest BCUT2D eigenvalue weighted by Gasteiger charge is 2.17. The van der Waals surface area contributed by atoms with Crippen LogP contribution in [0.15, 0.2) is 6.20 Å². The van der Waals surface area contributed by atoms with Crippen LogP contribution in [0.4, 0.5) is 0 Å². The van der Waals surface area contributed by atoms with E-state index in [1.807, 2.05) is 25.9 Å². The molecule has 1 heterocycles. The van der Waals surface area contributed by atoms with Gasteiger partial charge in [0.1, 0.15) is 5.69 Å². The van der Waals surface area contributed by atoms with Crippen LogP contribution in [0.2, 0.25) is 5.02 Å². The SMILES string of the molecule is CCCOCCC(=O)c1c(Cl)cnn1CCN(C)C. The second-order valence-electron chi connectivity index (χ2n) is 4.65. The molecule has 0 spiro atoms. The number of halogens is 1. The van der Waals surface area contributed by atoms with Crippen molar-refractivity contribution < 1.29 is 9.53 Å². The summed E-state index contributed by atoms with van der Waals surface area (Å²) in [6.45, 7) is 4.61. The Hall–Kier alpha value is -0.910. The number of aromatic nitrogens is 2. The summed E-state index contributed by atoms with van der Waals surface area (Å²) in [6, 6.07) is 0. The number of carbonyl (C=O) groups excluding carboxylic acids is 1. The first-order valence-electron chi connectivity index (χ1n) is 6.53. The Bertz CT molecular complexity index is 405. The Kier molecular flexibility index (Phi) is 7.05. The molecule has 0 aromatic carbocycles. The number of Topliss-reactive ketones (excluding diaryl/α,β-unsaturated/α-hetero) is 1. The summed E-state index contributed by atoms with van der Waals surface area (Å²) in [6.07, 6.45) is 2.82. The number of hydrogen-bond acceptors (Lipinski definition) is 4. The van der Waals surface area contributed by atoms with Gasteiger partial charge in [0.2, 0.25) is 0 Å². The van der Waals surface area contributed by atoms with E-state index in [2.05, 4.69) is 5.10 Å². The zero-order chi connectivity index (χ0) is 14.3. The number of ether oxygens (including phenoxy) is 1. The first-order chi connectivity index (χ1) is 9.06. The van der Waals surface area contributed by atoms with E-state index < -0.39 is 0 Å². The van der Waals surface area contributed by atoms with Crippen LogP contribution >= 0.6 is 11.6 Å². The maximum Gasteiger partial charge on any atom is 0.184 e. The predicted molar refractivity (Wildman–Crippen MR) is 75.8 cm³/mol. The van der Waals surface area contributed by atoms with E-state index in [-0.39, 0.29) is 5.78 Å². The van der Waals surface area contributed by atoms with Crippen molar-refractivity contribution in [2.24, 2.45) is 0 Å². The molecule has 0 aliphatic carbocycles. The zero-order valence-electron chi connectivity index (χ0n) is 11.9. The second-order valence-corrected chi connectivity index (χ2v) is 5.06. The summed E-state index contributed by atoms with van der Waals surface area (Å²) in [4.78, 5) is 14.2. The monoisotopic (exact) mass is 287 g/mol. The number of hydrogen-bond donors (Lipinski definition) is 0. The molecule has 1 rings (SSSR count). The Labute approximate surface area is 119 Å². The molecule has 0 bridgehead atoms. The molecule has 0 amide bonds. The Balaban J connectivity index is 2.59. The smallest absolute Gasteiger partial charge is 0.184 e. The Morgan fingerprint density at radius 3 is 2.84 bits per heavy atom. The van der Waals surface area contributed by atoms with Gasteiger partial charge in [0, 0.05) is 19.6 Å². The molecule has 1 aromatic heterocycles. The van der Waals surface area contributed by atoms with E-state index in [1.54, 1.807) is 4.68 Å². The average Bonchev–Trinajstić information content (AvgIpc) is 2.73. The van der Waals surface area contributed by atoms with Crippen molar-refractivity contribution in [3.63, 3.8) is 0 Å². The molecule has 1 aromatic rings. The van der Waals surface area contributed by atoms with Crippen molar-refractivity contribution in [1.29, 1.82) is 0 Å². The minimum Gasteiger partial charge on any atom is -0.381 e. The van der Waals surface area contributed by atoms with Crippen LogP contribution in [0.5, 0.6) is 0 Å². The Morgan fingerprint density at radius 1 is 1.47 bits per heavy atom. The highest BCUT2D eigenvalue weighted by atomic mass is 35.5. The van der Waals surface area contributed by atoms with Gasteiger partial charge in [0.25, 0.3) is 0 Å². The van der Waals surface area contributed by atoms with Gasteiger partial charge in [-0.1, -0.05) is 18.5 Å². The van der Waals surface area contributed by atoms with E-state index in [0.29, 0.717) is 36.9 Å². The van der Waals surface area contributed by atoms with E-state index >= 15 is 0 Å². The van der Waals surface area contributed by atoms with Crippen molar-refractivity contribution in [2.75, 3.05) is 33.9 Å². The summed E-state index contributed by atoms with van der Waals surface area (Å²) in [5.41, 5.74) is 0.489. The Morgan fingerprint density at radius 2 is 2.21 bits per heavy atom. The van der Waals surface area contributed by atoms with Crippen molar-refractivity contribution >= 4 is 17.4 Å². The van der Waals surface area contributed by atoms with Crippen LogP contribution in [0.1, 0.15) is 30.3 Å². The lowest BCUT2D eigenvalue weighted by atomic mass is 10.2. The zero-order valence-corrected chi connectivity index (χ0v) is 12.6. The lowest BCUT2D eigenvalue weighted by molar-refractivity contribution is 0.0868. The number of ketones is 1. The molecule has 0 unspecified atom stereocenters. The van der Waals surface area contributed by atoms with Gasteiger partial charge in [-0.05, 0) is 20.5 Å². The number of rotatable bonds is 9. The number of likely N-dealkylation sites (N-methyl/N-ethyl adjacent to an activating group) is 1. The van der Waals surface area contributed by atoms with Crippen LogP contribution in [0, 0.1) is 0 Å². The normalized spacial score (nSPS) is 11.2. The van der Waals surface area contributed by atoms with E-state index in [9.17, 15) is 4.79 Å². The standard InChI is InChI=1S/C13H22ClN3O2/c1-4-8-19-9-5-12(18)13-11(14)10-15-17(13)7-6-16(2)3/h10H,4-9H2,1-3H3. The summed E-state index contributed by atoms with van der Waals surface area (Å²) in [5.74, 6) is -0.0163. The highest BCUT2D eigenvalue weighted by Crippen LogP contribution is 2.17. The third kappa shape index (κ3) is 5.30. The molecule has 0 fully saturated rings. The number of carbonyl (C=O) groups is 1. The van der Waals surface area contributed by atoms with Gasteiger partial charge in [0.05, 0.1) is 24.4 Å². The fourth-order valence-corrected chi connectivity index (χ4v) is 1.88. The topological polar surface area (TPSA) is 47.4 Å². The average molecular weight is 288 g/mol. The van der Waals surface area contributed by atoms with Gasteiger partial charge in [-0.3, -0.25) is 9.48 Å². The molecule has 108 valence electrons. The van der Waals surface area contributed by atoms with Gasteiger partial charge in [0.15, 0.2) is 5.78 Å². The molecule has 0 N–H and O–H groups in total. The lowest BCUT2D eigenvalue weighted by Crippen LogP contribution is -2.22.